The van der Waals surface area contributed by atoms with E-state index in [9.17, 15) is 29.1 Å². The molecule has 4 aliphatic carbocycles. The van der Waals surface area contributed by atoms with Crippen LogP contribution in [0.1, 0.15) is 85.0 Å². The molecule has 10 heteroatoms. The van der Waals surface area contributed by atoms with E-state index in [1.54, 1.807) is 6.92 Å². The fourth-order valence-corrected chi connectivity index (χ4v) is 9.34. The monoisotopic (exact) mass is 544 g/mol. The average Bonchev–Trinajstić information content (AvgIpc) is 3.04. The largest absolute Gasteiger partial charge is 0.414 e. The SMILES string of the molecule is CC(=O)[C@H]1CCC2C3CC=C4C[C@H](O)C5(OC(=O)CCC(=O)O5)C5(OC(=O)CCC(=O)O5)[C@]4(C)C3CC[C@@]21C. The van der Waals surface area contributed by atoms with Crippen LogP contribution >= 0.6 is 0 Å². The van der Waals surface area contributed by atoms with E-state index in [1.807, 2.05) is 13.0 Å². The Morgan fingerprint density at radius 3 is 1.97 bits per heavy atom. The lowest BCUT2D eigenvalue weighted by atomic mass is 9.45. The Bertz CT molecular complexity index is 1150. The zero-order valence-corrected chi connectivity index (χ0v) is 22.7. The van der Waals surface area contributed by atoms with Crippen LogP contribution in [-0.2, 0) is 42.9 Å². The number of aliphatic hydroxyl groups is 1. The number of hydrogen-bond donors (Lipinski definition) is 1. The van der Waals surface area contributed by atoms with Crippen molar-refractivity contribution < 1.29 is 48.0 Å². The van der Waals surface area contributed by atoms with E-state index >= 15 is 0 Å². The molecule has 6 rings (SSSR count). The van der Waals surface area contributed by atoms with Gasteiger partial charge in [0.2, 0.25) is 0 Å². The van der Waals surface area contributed by atoms with Gasteiger partial charge in [0, 0.05) is 12.3 Å². The molecule has 0 aromatic rings. The maximum absolute atomic E-state index is 13.1. The molecule has 2 saturated heterocycles. The highest BCUT2D eigenvalue weighted by atomic mass is 16.8. The maximum atomic E-state index is 13.1. The van der Waals surface area contributed by atoms with Gasteiger partial charge in [-0.1, -0.05) is 18.6 Å². The molecule has 0 amide bonds. The first-order valence-electron chi connectivity index (χ1n) is 14.1. The lowest BCUT2D eigenvalue weighted by Gasteiger charge is -2.64. The minimum Gasteiger partial charge on any atom is -0.414 e. The second-order valence-electron chi connectivity index (χ2n) is 12.7. The van der Waals surface area contributed by atoms with Crippen LogP contribution in [0.25, 0.3) is 0 Å². The van der Waals surface area contributed by atoms with Gasteiger partial charge in [-0.3, -0.25) is 24.0 Å². The van der Waals surface area contributed by atoms with Crippen molar-refractivity contribution in [1.82, 2.24) is 0 Å². The molecular formula is C29H36O10. The van der Waals surface area contributed by atoms with E-state index in [0.717, 1.165) is 19.3 Å². The van der Waals surface area contributed by atoms with Crippen molar-refractivity contribution in [1.29, 1.82) is 0 Å². The van der Waals surface area contributed by atoms with E-state index in [4.69, 9.17) is 18.9 Å². The fraction of sp³-hybridized carbons (Fsp3) is 0.759. The normalized spacial score (nSPS) is 42.5. The molecular weight excluding hydrogens is 508 g/mol. The number of hydrogen-bond acceptors (Lipinski definition) is 10. The van der Waals surface area contributed by atoms with Crippen molar-refractivity contribution in [3.8, 4) is 0 Å². The van der Waals surface area contributed by atoms with Crippen molar-refractivity contribution in [2.75, 3.05) is 0 Å². The molecule has 39 heavy (non-hydrogen) atoms. The van der Waals surface area contributed by atoms with Crippen LogP contribution < -0.4 is 0 Å². The highest BCUT2D eigenvalue weighted by molar-refractivity contribution is 5.83. The van der Waals surface area contributed by atoms with Gasteiger partial charge in [0.1, 0.15) is 11.9 Å². The van der Waals surface area contributed by atoms with Crippen molar-refractivity contribution >= 4 is 29.7 Å². The summed E-state index contributed by atoms with van der Waals surface area (Å²) in [4.78, 5) is 64.6. The predicted molar refractivity (Wildman–Crippen MR) is 131 cm³/mol. The molecule has 10 nitrogen and oxygen atoms in total. The van der Waals surface area contributed by atoms with E-state index < -0.39 is 47.0 Å². The second kappa shape index (κ2) is 8.62. The van der Waals surface area contributed by atoms with Crippen LogP contribution in [0.15, 0.2) is 11.6 Å². The Morgan fingerprint density at radius 2 is 1.41 bits per heavy atom. The number of aliphatic hydroxyl groups excluding tert-OH is 1. The van der Waals surface area contributed by atoms with Gasteiger partial charge in [-0.2, -0.15) is 0 Å². The topological polar surface area (TPSA) is 142 Å². The van der Waals surface area contributed by atoms with Gasteiger partial charge in [-0.25, -0.2) is 0 Å². The summed E-state index contributed by atoms with van der Waals surface area (Å²) in [6.07, 6.45) is 2.97. The van der Waals surface area contributed by atoms with Crippen LogP contribution in [-0.4, -0.2) is 52.4 Å². The zero-order chi connectivity index (χ0) is 28.0. The summed E-state index contributed by atoms with van der Waals surface area (Å²) in [7, 11) is 0. The van der Waals surface area contributed by atoms with Gasteiger partial charge < -0.3 is 24.1 Å². The molecule has 1 N–H and O–H groups in total. The van der Waals surface area contributed by atoms with Crippen molar-refractivity contribution in [2.45, 2.75) is 103 Å². The summed E-state index contributed by atoms with van der Waals surface area (Å²) in [5.74, 6) is -8.00. The molecule has 0 aromatic carbocycles. The third-order valence-corrected chi connectivity index (χ3v) is 11.1. The number of Topliss-reactive ketones (excluding diaryl/α,β-unsaturated/α-hetero) is 1. The van der Waals surface area contributed by atoms with Crippen LogP contribution in [0, 0.1) is 34.5 Å². The van der Waals surface area contributed by atoms with Gasteiger partial charge in [-0.15, -0.1) is 0 Å². The third kappa shape index (κ3) is 3.39. The molecule has 0 aromatic heterocycles. The highest BCUT2D eigenvalue weighted by Gasteiger charge is 2.82. The predicted octanol–water partition coefficient (Wildman–Crippen LogP) is 2.89. The summed E-state index contributed by atoms with van der Waals surface area (Å²) in [5.41, 5.74) is -0.748. The highest BCUT2D eigenvalue weighted by Crippen LogP contribution is 2.70. The van der Waals surface area contributed by atoms with Crippen molar-refractivity contribution in [3.63, 3.8) is 0 Å². The molecule has 5 fully saturated rings. The first-order valence-corrected chi connectivity index (χ1v) is 14.1. The summed E-state index contributed by atoms with van der Waals surface area (Å²) in [6.45, 7) is 5.67. The molecule has 2 aliphatic heterocycles. The molecule has 6 aliphatic rings. The Hall–Kier alpha value is -2.75. The number of allylic oxidation sites excluding steroid dienone is 1. The zero-order valence-electron chi connectivity index (χ0n) is 22.7. The first-order chi connectivity index (χ1) is 18.4. The molecule has 0 radical (unpaired) electrons. The summed E-state index contributed by atoms with van der Waals surface area (Å²) in [5, 5.41) is 11.5. The molecule has 2 spiro atoms. The van der Waals surface area contributed by atoms with Crippen molar-refractivity contribution in [3.05, 3.63) is 11.6 Å². The summed E-state index contributed by atoms with van der Waals surface area (Å²) in [6, 6.07) is 0. The van der Waals surface area contributed by atoms with E-state index in [0.29, 0.717) is 18.4 Å². The summed E-state index contributed by atoms with van der Waals surface area (Å²) < 4.78 is 23.6. The quantitative estimate of drug-likeness (QED) is 0.387. The van der Waals surface area contributed by atoms with Gasteiger partial charge >= 0.3 is 35.5 Å². The van der Waals surface area contributed by atoms with E-state index in [2.05, 4.69) is 6.92 Å². The number of fused-ring (bicyclic) bond motifs is 7. The van der Waals surface area contributed by atoms with Crippen LogP contribution in [0.5, 0.6) is 0 Å². The first kappa shape index (κ1) is 26.5. The Morgan fingerprint density at radius 1 is 0.846 bits per heavy atom. The number of rotatable bonds is 1. The fourth-order valence-electron chi connectivity index (χ4n) is 9.34. The van der Waals surface area contributed by atoms with Crippen LogP contribution in [0.2, 0.25) is 0 Å². The van der Waals surface area contributed by atoms with Crippen molar-refractivity contribution in [2.24, 2.45) is 34.5 Å². The minimum absolute atomic E-state index is 0.0187. The Kier molecular flexibility index (Phi) is 5.85. The third-order valence-electron chi connectivity index (χ3n) is 11.1. The minimum atomic E-state index is -2.56. The number of carbonyl (C=O) groups is 5. The Labute approximate surface area is 226 Å². The van der Waals surface area contributed by atoms with Gasteiger partial charge in [0.25, 0.3) is 0 Å². The molecule has 212 valence electrons. The molecule has 3 saturated carbocycles. The maximum Gasteiger partial charge on any atom is 0.362 e. The van der Waals surface area contributed by atoms with E-state index in [1.165, 1.54) is 0 Å². The average molecular weight is 545 g/mol. The smallest absolute Gasteiger partial charge is 0.362 e. The Balaban J connectivity index is 1.56. The van der Waals surface area contributed by atoms with Gasteiger partial charge in [0.15, 0.2) is 0 Å². The van der Waals surface area contributed by atoms with Gasteiger partial charge in [-0.05, 0) is 69.1 Å². The molecule has 0 bridgehead atoms. The second-order valence-corrected chi connectivity index (χ2v) is 12.7. The number of ketones is 1. The standard InChI is InChI=1S/C29H36O10/c1-15(30)18-6-7-19-17-5-4-16-14-21(31)28(36-22(32)8-9-23(33)37-28)29(38-24(34)10-11-25(35)39-29)27(16,3)20(17)12-13-26(18,19)2/h4,17-21,31H,5-14H2,1-3H3/t17?,18-,19?,20?,21+,26-,27+/m1/s1. The summed E-state index contributed by atoms with van der Waals surface area (Å²) >= 11 is 0. The number of ether oxygens (including phenoxy) is 4. The van der Waals surface area contributed by atoms with Crippen LogP contribution in [0.4, 0.5) is 0 Å². The number of esters is 4. The lowest BCUT2D eigenvalue weighted by Crippen LogP contribution is -2.79. The molecule has 2 heterocycles. The van der Waals surface area contributed by atoms with E-state index in [-0.39, 0.29) is 67.0 Å². The molecule has 3 unspecified atom stereocenters. The van der Waals surface area contributed by atoms with Crippen LogP contribution in [0.3, 0.4) is 0 Å². The van der Waals surface area contributed by atoms with Gasteiger partial charge in [0.05, 0.1) is 31.1 Å². The lowest BCUT2D eigenvalue weighted by molar-refractivity contribution is -0.427. The number of carbonyl (C=O) groups excluding carboxylic acids is 5. The molecule has 7 atom stereocenters.